The van der Waals surface area contributed by atoms with Crippen LogP contribution in [0.1, 0.15) is 31.2 Å². The minimum absolute atomic E-state index is 0.0726. The maximum absolute atomic E-state index is 12.3. The Balaban J connectivity index is 1.30. The Hall–Kier alpha value is -2.69. The summed E-state index contributed by atoms with van der Waals surface area (Å²) in [4.78, 5) is 14.7. The van der Waals surface area contributed by atoms with Crippen molar-refractivity contribution in [2.24, 2.45) is 0 Å². The summed E-state index contributed by atoms with van der Waals surface area (Å²) in [5, 5.41) is 5.98. The Labute approximate surface area is 160 Å². The molecule has 5 heteroatoms. The van der Waals surface area contributed by atoms with Crippen molar-refractivity contribution in [2.75, 3.05) is 37.0 Å². The van der Waals surface area contributed by atoms with E-state index in [2.05, 4.69) is 39.8 Å². The third-order valence-electron chi connectivity index (χ3n) is 5.74. The lowest BCUT2D eigenvalue weighted by Crippen LogP contribution is -2.35. The van der Waals surface area contributed by atoms with Gasteiger partial charge in [0.2, 0.25) is 0 Å². The predicted octanol–water partition coefficient (Wildman–Crippen LogP) is 4.15. The number of nitrogens with one attached hydrogen (secondary N) is 2. The number of urea groups is 1. The third-order valence-corrected chi connectivity index (χ3v) is 5.74. The Morgan fingerprint density at radius 3 is 2.30 bits per heavy atom. The van der Waals surface area contributed by atoms with Crippen LogP contribution < -0.4 is 20.3 Å². The summed E-state index contributed by atoms with van der Waals surface area (Å²) < 4.78 is 5.22. The number of hydrogen-bond acceptors (Lipinski definition) is 3. The second-order valence-electron chi connectivity index (χ2n) is 7.56. The van der Waals surface area contributed by atoms with E-state index in [1.54, 1.807) is 7.11 Å². The molecule has 1 aliphatic carbocycles. The number of rotatable bonds is 6. The molecule has 2 aromatic carbocycles. The number of nitrogens with zero attached hydrogens (tertiary/aromatic N) is 1. The summed E-state index contributed by atoms with van der Waals surface area (Å²) >= 11 is 0. The summed E-state index contributed by atoms with van der Waals surface area (Å²) in [6, 6.07) is 16.1. The van der Waals surface area contributed by atoms with Gasteiger partial charge in [0.15, 0.2) is 0 Å². The van der Waals surface area contributed by atoms with E-state index in [1.807, 2.05) is 24.3 Å². The molecule has 2 aromatic rings. The molecule has 2 amide bonds. The monoisotopic (exact) mass is 365 g/mol. The number of hydrogen-bond donors (Lipinski definition) is 2. The summed E-state index contributed by atoms with van der Waals surface area (Å²) in [5.74, 6) is 0.859. The van der Waals surface area contributed by atoms with Crippen LogP contribution in [0.15, 0.2) is 48.5 Å². The number of ether oxygens (including phenoxy) is 1. The zero-order valence-electron chi connectivity index (χ0n) is 15.8. The second-order valence-corrected chi connectivity index (χ2v) is 7.56. The number of anilines is 2. The Morgan fingerprint density at radius 2 is 1.70 bits per heavy atom. The fourth-order valence-corrected chi connectivity index (χ4v) is 3.82. The lowest BCUT2D eigenvalue weighted by atomic mass is 9.96. The molecule has 2 fully saturated rings. The van der Waals surface area contributed by atoms with Crippen LogP contribution in [0, 0.1) is 0 Å². The number of benzene rings is 2. The van der Waals surface area contributed by atoms with E-state index < -0.39 is 0 Å². The van der Waals surface area contributed by atoms with Crippen molar-refractivity contribution in [3.05, 3.63) is 54.1 Å². The molecule has 0 atom stereocenters. The van der Waals surface area contributed by atoms with Crippen molar-refractivity contribution in [1.82, 2.24) is 5.32 Å². The molecule has 0 radical (unpaired) electrons. The minimum Gasteiger partial charge on any atom is -0.497 e. The van der Waals surface area contributed by atoms with Crippen LogP contribution in [0.5, 0.6) is 5.75 Å². The normalized spacial score (nSPS) is 17.4. The Kier molecular flexibility index (Phi) is 4.92. The molecule has 1 saturated carbocycles. The van der Waals surface area contributed by atoms with Gasteiger partial charge in [0.1, 0.15) is 5.75 Å². The standard InChI is InChI=1S/C22H27N3O2/c1-27-20-10-4-17(5-11-20)22(12-13-22)16-23-21(26)24-18-6-8-19(9-7-18)25-14-2-3-15-25/h4-11H,2-3,12-16H2,1H3,(H2,23,24,26). The highest BCUT2D eigenvalue weighted by atomic mass is 16.5. The molecule has 2 aliphatic rings. The topological polar surface area (TPSA) is 53.6 Å². The number of carbonyl (C=O) groups is 1. The first-order chi connectivity index (χ1) is 13.2. The largest absolute Gasteiger partial charge is 0.497 e. The van der Waals surface area contributed by atoms with E-state index in [1.165, 1.54) is 24.1 Å². The highest BCUT2D eigenvalue weighted by molar-refractivity contribution is 5.89. The van der Waals surface area contributed by atoms with Gasteiger partial charge >= 0.3 is 6.03 Å². The van der Waals surface area contributed by atoms with E-state index in [0.717, 1.165) is 37.4 Å². The van der Waals surface area contributed by atoms with Crippen LogP contribution in [0.3, 0.4) is 0 Å². The van der Waals surface area contributed by atoms with Gasteiger partial charge < -0.3 is 20.3 Å². The molecule has 1 heterocycles. The van der Waals surface area contributed by atoms with Gasteiger partial charge in [-0.05, 0) is 67.6 Å². The summed E-state index contributed by atoms with van der Waals surface area (Å²) in [6.07, 6.45) is 4.73. The van der Waals surface area contributed by atoms with Crippen molar-refractivity contribution in [3.63, 3.8) is 0 Å². The first-order valence-corrected chi connectivity index (χ1v) is 9.73. The Bertz CT molecular complexity index is 776. The quantitative estimate of drug-likeness (QED) is 0.809. The van der Waals surface area contributed by atoms with Crippen LogP contribution in [0.2, 0.25) is 0 Å². The van der Waals surface area contributed by atoms with Crippen LogP contribution in [0.4, 0.5) is 16.2 Å². The number of amides is 2. The summed E-state index contributed by atoms with van der Waals surface area (Å²) in [5.41, 5.74) is 3.39. The molecule has 0 bridgehead atoms. The molecule has 1 aliphatic heterocycles. The molecule has 0 unspecified atom stereocenters. The predicted molar refractivity (Wildman–Crippen MR) is 109 cm³/mol. The molecule has 0 spiro atoms. The maximum atomic E-state index is 12.3. The van der Waals surface area contributed by atoms with Crippen molar-refractivity contribution in [1.29, 1.82) is 0 Å². The first kappa shape index (κ1) is 17.7. The van der Waals surface area contributed by atoms with Gasteiger partial charge in [-0.15, -0.1) is 0 Å². The maximum Gasteiger partial charge on any atom is 0.319 e. The highest BCUT2D eigenvalue weighted by Crippen LogP contribution is 2.47. The van der Waals surface area contributed by atoms with Gasteiger partial charge in [-0.2, -0.15) is 0 Å². The molecule has 27 heavy (non-hydrogen) atoms. The van der Waals surface area contributed by atoms with E-state index >= 15 is 0 Å². The number of methoxy groups -OCH3 is 1. The van der Waals surface area contributed by atoms with E-state index in [4.69, 9.17) is 4.74 Å². The van der Waals surface area contributed by atoms with Gasteiger partial charge in [-0.25, -0.2) is 4.79 Å². The first-order valence-electron chi connectivity index (χ1n) is 9.73. The smallest absolute Gasteiger partial charge is 0.319 e. The molecule has 5 nitrogen and oxygen atoms in total. The van der Waals surface area contributed by atoms with Crippen molar-refractivity contribution in [3.8, 4) is 5.75 Å². The van der Waals surface area contributed by atoms with Crippen LogP contribution in [-0.2, 0) is 5.41 Å². The van der Waals surface area contributed by atoms with Crippen molar-refractivity contribution < 1.29 is 9.53 Å². The molecule has 2 N–H and O–H groups in total. The molecule has 0 aromatic heterocycles. The minimum atomic E-state index is -0.149. The van der Waals surface area contributed by atoms with E-state index in [-0.39, 0.29) is 11.4 Å². The van der Waals surface area contributed by atoms with Crippen LogP contribution in [0.25, 0.3) is 0 Å². The third kappa shape index (κ3) is 4.02. The van der Waals surface area contributed by atoms with E-state index in [9.17, 15) is 4.79 Å². The fraction of sp³-hybridized carbons (Fsp3) is 0.409. The molecule has 4 rings (SSSR count). The summed E-state index contributed by atoms with van der Waals surface area (Å²) in [7, 11) is 1.67. The highest BCUT2D eigenvalue weighted by Gasteiger charge is 2.44. The van der Waals surface area contributed by atoms with E-state index in [0.29, 0.717) is 6.54 Å². The molecule has 1 saturated heterocycles. The fourth-order valence-electron chi connectivity index (χ4n) is 3.82. The van der Waals surface area contributed by atoms with Gasteiger partial charge in [0, 0.05) is 36.4 Å². The zero-order chi connectivity index (χ0) is 18.7. The van der Waals surface area contributed by atoms with Crippen molar-refractivity contribution >= 4 is 17.4 Å². The molecular weight excluding hydrogens is 338 g/mol. The van der Waals surface area contributed by atoms with Gasteiger partial charge in [-0.1, -0.05) is 12.1 Å². The van der Waals surface area contributed by atoms with Gasteiger partial charge in [-0.3, -0.25) is 0 Å². The second kappa shape index (κ2) is 7.51. The lowest BCUT2D eigenvalue weighted by Gasteiger charge is -2.19. The number of carbonyl (C=O) groups excluding carboxylic acids is 1. The average Bonchev–Trinajstić information content (AvgIpc) is 3.30. The van der Waals surface area contributed by atoms with Crippen molar-refractivity contribution in [2.45, 2.75) is 31.1 Å². The van der Waals surface area contributed by atoms with Crippen LogP contribution in [-0.4, -0.2) is 32.8 Å². The Morgan fingerprint density at radius 1 is 1.04 bits per heavy atom. The molecule has 142 valence electrons. The van der Waals surface area contributed by atoms with Gasteiger partial charge in [0.05, 0.1) is 7.11 Å². The SMILES string of the molecule is COc1ccc(C2(CNC(=O)Nc3ccc(N4CCCC4)cc3)CC2)cc1. The molecular formula is C22H27N3O2. The average molecular weight is 365 g/mol. The lowest BCUT2D eigenvalue weighted by molar-refractivity contribution is 0.251. The summed E-state index contributed by atoms with van der Waals surface area (Å²) in [6.45, 7) is 2.90. The van der Waals surface area contributed by atoms with Crippen LogP contribution >= 0.6 is 0 Å². The van der Waals surface area contributed by atoms with Gasteiger partial charge in [0.25, 0.3) is 0 Å². The zero-order valence-corrected chi connectivity index (χ0v) is 15.8.